The van der Waals surface area contributed by atoms with E-state index in [1.807, 2.05) is 4.74 Å². The first-order valence-electron chi connectivity index (χ1n) is 4.12. The van der Waals surface area contributed by atoms with Gasteiger partial charge in [0.25, 0.3) is 0 Å². The standard InChI is InChI=1S/C8H16NO2/c1-3-8(10-2)7-9-5-4-6-11-9/h5,8H,3-4,6-7H2,1-2H3/q+1. The largest absolute Gasteiger partial charge is 0.375 e. The molecule has 0 fully saturated rings. The molecule has 0 amide bonds. The van der Waals surface area contributed by atoms with Crippen LogP contribution in [0.4, 0.5) is 0 Å². The Hall–Kier alpha value is -0.570. The summed E-state index contributed by atoms with van der Waals surface area (Å²) in [6.45, 7) is 3.79. The van der Waals surface area contributed by atoms with Gasteiger partial charge in [0.1, 0.15) is 6.10 Å². The Labute approximate surface area is 67.6 Å². The first-order chi connectivity index (χ1) is 5.36. The number of hydroxylamine groups is 1. The minimum absolute atomic E-state index is 0.296. The topological polar surface area (TPSA) is 21.5 Å². The van der Waals surface area contributed by atoms with Gasteiger partial charge in [-0.05, 0) is 11.2 Å². The molecule has 0 N–H and O–H groups in total. The number of nitrogens with zero attached hydrogens (tertiary/aromatic N) is 1. The van der Waals surface area contributed by atoms with Crippen molar-refractivity contribution in [1.82, 2.24) is 0 Å². The Morgan fingerprint density at radius 2 is 2.55 bits per heavy atom. The van der Waals surface area contributed by atoms with Crippen molar-refractivity contribution in [2.45, 2.75) is 25.9 Å². The molecule has 0 saturated carbocycles. The fraction of sp³-hybridized carbons (Fsp3) is 0.875. The maximum absolute atomic E-state index is 5.28. The van der Waals surface area contributed by atoms with E-state index in [-0.39, 0.29) is 0 Å². The highest BCUT2D eigenvalue weighted by atomic mass is 16.7. The molecule has 64 valence electrons. The van der Waals surface area contributed by atoms with E-state index in [0.717, 1.165) is 26.0 Å². The van der Waals surface area contributed by atoms with Crippen molar-refractivity contribution in [2.75, 3.05) is 20.3 Å². The highest BCUT2D eigenvalue weighted by Crippen LogP contribution is 2.00. The zero-order valence-electron chi connectivity index (χ0n) is 7.25. The normalized spacial score (nSPS) is 19.3. The number of rotatable bonds is 4. The summed E-state index contributed by atoms with van der Waals surface area (Å²) >= 11 is 0. The summed E-state index contributed by atoms with van der Waals surface area (Å²) in [6.07, 6.45) is 4.43. The van der Waals surface area contributed by atoms with Crippen molar-refractivity contribution in [1.29, 1.82) is 0 Å². The molecule has 1 unspecified atom stereocenters. The zero-order chi connectivity index (χ0) is 8.10. The Bertz CT molecular complexity index is 141. The van der Waals surface area contributed by atoms with Crippen molar-refractivity contribution in [3.63, 3.8) is 0 Å². The van der Waals surface area contributed by atoms with Gasteiger partial charge in [0.15, 0.2) is 12.8 Å². The molecule has 1 aliphatic rings. The predicted octanol–water partition coefficient (Wildman–Crippen LogP) is 0.830. The Kier molecular flexibility index (Phi) is 3.36. The van der Waals surface area contributed by atoms with E-state index in [9.17, 15) is 0 Å². The monoisotopic (exact) mass is 158 g/mol. The van der Waals surface area contributed by atoms with E-state index in [2.05, 4.69) is 13.1 Å². The lowest BCUT2D eigenvalue weighted by atomic mass is 10.3. The number of hydrogen-bond acceptors (Lipinski definition) is 2. The smallest absolute Gasteiger partial charge is 0.218 e. The summed E-state index contributed by atoms with van der Waals surface area (Å²) in [7, 11) is 1.74. The van der Waals surface area contributed by atoms with E-state index in [1.54, 1.807) is 7.11 Å². The molecule has 1 aliphatic heterocycles. The first kappa shape index (κ1) is 8.53. The second-order valence-electron chi connectivity index (χ2n) is 2.67. The van der Waals surface area contributed by atoms with Crippen LogP contribution in [0.25, 0.3) is 0 Å². The molecule has 11 heavy (non-hydrogen) atoms. The Morgan fingerprint density at radius 3 is 3.00 bits per heavy atom. The Balaban J connectivity index is 2.27. The first-order valence-corrected chi connectivity index (χ1v) is 4.12. The lowest BCUT2D eigenvalue weighted by Crippen LogP contribution is -2.24. The highest BCUT2D eigenvalue weighted by Gasteiger charge is 2.18. The van der Waals surface area contributed by atoms with Crippen LogP contribution >= 0.6 is 0 Å². The van der Waals surface area contributed by atoms with Gasteiger partial charge in [0, 0.05) is 7.11 Å². The van der Waals surface area contributed by atoms with Gasteiger partial charge in [-0.25, -0.2) is 0 Å². The molecule has 0 aliphatic carbocycles. The molecule has 3 heteroatoms. The van der Waals surface area contributed by atoms with E-state index in [1.165, 1.54) is 0 Å². The minimum Gasteiger partial charge on any atom is -0.375 e. The molecule has 0 spiro atoms. The van der Waals surface area contributed by atoms with Crippen LogP contribution in [0.5, 0.6) is 0 Å². The molecule has 1 heterocycles. The van der Waals surface area contributed by atoms with E-state index in [4.69, 9.17) is 9.57 Å². The molecule has 0 bridgehead atoms. The quantitative estimate of drug-likeness (QED) is 0.565. The van der Waals surface area contributed by atoms with E-state index >= 15 is 0 Å². The molecule has 1 rings (SSSR count). The van der Waals surface area contributed by atoms with Crippen LogP contribution in [0.15, 0.2) is 0 Å². The zero-order valence-corrected chi connectivity index (χ0v) is 7.25. The minimum atomic E-state index is 0.296. The van der Waals surface area contributed by atoms with Crippen molar-refractivity contribution in [3.8, 4) is 0 Å². The van der Waals surface area contributed by atoms with E-state index in [0.29, 0.717) is 6.10 Å². The predicted molar refractivity (Wildman–Crippen MR) is 42.8 cm³/mol. The SMILES string of the molecule is CCC(C[N+]1=CCCO1)OC. The summed E-state index contributed by atoms with van der Waals surface area (Å²) < 4.78 is 7.09. The third-order valence-corrected chi connectivity index (χ3v) is 1.88. The molecular formula is C8H16NO2+. The van der Waals surface area contributed by atoms with Gasteiger partial charge < -0.3 is 4.74 Å². The highest BCUT2D eigenvalue weighted by molar-refractivity contribution is 5.51. The second-order valence-corrected chi connectivity index (χ2v) is 2.67. The van der Waals surface area contributed by atoms with Crippen molar-refractivity contribution in [3.05, 3.63) is 0 Å². The molecule has 3 nitrogen and oxygen atoms in total. The van der Waals surface area contributed by atoms with Gasteiger partial charge in [0.2, 0.25) is 6.54 Å². The van der Waals surface area contributed by atoms with Crippen LogP contribution in [0.3, 0.4) is 0 Å². The van der Waals surface area contributed by atoms with Gasteiger partial charge in [-0.15, -0.1) is 0 Å². The summed E-state index contributed by atoms with van der Waals surface area (Å²) in [5.41, 5.74) is 0. The van der Waals surface area contributed by atoms with Crippen LogP contribution < -0.4 is 0 Å². The third-order valence-electron chi connectivity index (χ3n) is 1.88. The van der Waals surface area contributed by atoms with Crippen molar-refractivity contribution in [2.24, 2.45) is 0 Å². The molecule has 0 aromatic heterocycles. The van der Waals surface area contributed by atoms with Crippen LogP contribution in [0.2, 0.25) is 0 Å². The molecule has 1 atom stereocenters. The van der Waals surface area contributed by atoms with Gasteiger partial charge >= 0.3 is 0 Å². The van der Waals surface area contributed by atoms with Crippen LogP contribution in [-0.4, -0.2) is 37.3 Å². The lowest BCUT2D eigenvalue weighted by Gasteiger charge is -2.07. The summed E-state index contributed by atoms with van der Waals surface area (Å²) in [6, 6.07) is 0. The molecule has 0 saturated heterocycles. The van der Waals surface area contributed by atoms with Crippen LogP contribution in [0, 0.1) is 0 Å². The maximum atomic E-state index is 5.28. The average Bonchev–Trinajstić information content (AvgIpc) is 2.52. The average molecular weight is 158 g/mol. The van der Waals surface area contributed by atoms with Gasteiger partial charge in [-0.1, -0.05) is 6.92 Å². The Morgan fingerprint density at radius 1 is 1.73 bits per heavy atom. The second kappa shape index (κ2) is 4.34. The van der Waals surface area contributed by atoms with Crippen LogP contribution in [0.1, 0.15) is 19.8 Å². The van der Waals surface area contributed by atoms with Crippen molar-refractivity contribution >= 4 is 6.21 Å². The summed E-state index contributed by atoms with van der Waals surface area (Å²) in [5.74, 6) is 0. The van der Waals surface area contributed by atoms with Gasteiger partial charge in [-0.2, -0.15) is 0 Å². The maximum Gasteiger partial charge on any atom is 0.218 e. The molecular weight excluding hydrogens is 142 g/mol. The summed E-state index contributed by atoms with van der Waals surface area (Å²) in [4.78, 5) is 5.28. The van der Waals surface area contributed by atoms with Gasteiger partial charge in [0.05, 0.1) is 6.42 Å². The molecule has 0 aromatic carbocycles. The van der Waals surface area contributed by atoms with E-state index < -0.39 is 0 Å². The summed E-state index contributed by atoms with van der Waals surface area (Å²) in [5, 5.41) is 0. The molecule has 0 radical (unpaired) electrons. The van der Waals surface area contributed by atoms with Gasteiger partial charge in [-0.3, -0.25) is 4.84 Å². The molecule has 0 aromatic rings. The number of ether oxygens (including phenoxy) is 1. The van der Waals surface area contributed by atoms with Crippen molar-refractivity contribution < 1.29 is 14.3 Å². The fourth-order valence-electron chi connectivity index (χ4n) is 1.12. The fourth-order valence-corrected chi connectivity index (χ4v) is 1.12. The number of methoxy groups -OCH3 is 1. The lowest BCUT2D eigenvalue weighted by molar-refractivity contribution is -0.778. The number of hydrogen-bond donors (Lipinski definition) is 0. The van der Waals surface area contributed by atoms with Crippen LogP contribution in [-0.2, 0) is 9.57 Å². The third kappa shape index (κ3) is 2.50.